The molecule has 1 saturated carbocycles. The van der Waals surface area contributed by atoms with Gasteiger partial charge in [-0.15, -0.1) is 0 Å². The summed E-state index contributed by atoms with van der Waals surface area (Å²) in [5.74, 6) is -1.11. The first-order valence-electron chi connectivity index (χ1n) is 9.25. The number of halogens is 1. The van der Waals surface area contributed by atoms with E-state index in [1.165, 1.54) is 12.1 Å². The molecule has 1 atom stereocenters. The number of carboxylic acids is 1. The minimum atomic E-state index is -1.27. The van der Waals surface area contributed by atoms with Gasteiger partial charge in [0.1, 0.15) is 11.4 Å². The van der Waals surface area contributed by atoms with Gasteiger partial charge in [0.25, 0.3) is 5.56 Å². The van der Waals surface area contributed by atoms with E-state index in [9.17, 15) is 19.1 Å². The van der Waals surface area contributed by atoms with Crippen molar-refractivity contribution in [1.82, 2.24) is 4.57 Å². The van der Waals surface area contributed by atoms with Crippen LogP contribution in [0.3, 0.4) is 0 Å². The number of aryl methyl sites for hydroxylation is 1. The van der Waals surface area contributed by atoms with Gasteiger partial charge in [-0.25, -0.2) is 9.18 Å². The van der Waals surface area contributed by atoms with Gasteiger partial charge in [0.15, 0.2) is 0 Å². The lowest BCUT2D eigenvalue weighted by Crippen LogP contribution is -2.35. The molecule has 1 aromatic heterocycles. The molecule has 2 aliphatic rings. The summed E-state index contributed by atoms with van der Waals surface area (Å²) >= 11 is 0. The number of aromatic carboxylic acids is 1. The van der Waals surface area contributed by atoms with Crippen molar-refractivity contribution in [3.05, 3.63) is 39.4 Å². The van der Waals surface area contributed by atoms with Crippen molar-refractivity contribution < 1.29 is 14.3 Å². The third-order valence-electron chi connectivity index (χ3n) is 5.60. The third kappa shape index (κ3) is 2.68. The lowest BCUT2D eigenvalue weighted by atomic mass is 9.97. The number of rotatable bonds is 3. The molecule has 6 heteroatoms. The van der Waals surface area contributed by atoms with E-state index in [0.29, 0.717) is 22.5 Å². The molecular formula is C20H23FN2O3. The molecule has 0 spiro atoms. The molecule has 1 aliphatic carbocycles. The number of hydrogen-bond acceptors (Lipinski definition) is 3. The van der Waals surface area contributed by atoms with Crippen molar-refractivity contribution in [2.75, 3.05) is 18.0 Å². The number of anilines is 1. The summed E-state index contributed by atoms with van der Waals surface area (Å²) in [6, 6.07) is 2.72. The van der Waals surface area contributed by atoms with Crippen LogP contribution >= 0.6 is 0 Å². The van der Waals surface area contributed by atoms with Crippen molar-refractivity contribution in [3.8, 4) is 0 Å². The molecule has 138 valence electrons. The normalized spacial score (nSPS) is 20.6. The lowest BCUT2D eigenvalue weighted by molar-refractivity contribution is 0.0694. The zero-order chi connectivity index (χ0) is 18.6. The Morgan fingerprint density at radius 2 is 2.00 bits per heavy atom. The van der Waals surface area contributed by atoms with Gasteiger partial charge in [0.2, 0.25) is 0 Å². The molecule has 0 radical (unpaired) electrons. The molecule has 26 heavy (non-hydrogen) atoms. The van der Waals surface area contributed by atoms with Gasteiger partial charge < -0.3 is 14.6 Å². The zero-order valence-corrected chi connectivity index (χ0v) is 15.1. The molecule has 4 rings (SSSR count). The molecule has 1 aliphatic heterocycles. The smallest absolute Gasteiger partial charge is 0.341 e. The molecule has 2 heterocycles. The van der Waals surface area contributed by atoms with E-state index < -0.39 is 11.5 Å². The molecule has 1 unspecified atom stereocenters. The van der Waals surface area contributed by atoms with Gasteiger partial charge in [-0.05, 0) is 56.2 Å². The van der Waals surface area contributed by atoms with E-state index in [1.54, 1.807) is 4.57 Å². The molecule has 5 nitrogen and oxygen atoms in total. The molecule has 1 N–H and O–H groups in total. The van der Waals surface area contributed by atoms with Crippen molar-refractivity contribution in [2.24, 2.45) is 5.92 Å². The molecule has 0 bridgehead atoms. The quantitative estimate of drug-likeness (QED) is 0.908. The van der Waals surface area contributed by atoms with E-state index in [0.717, 1.165) is 44.3 Å². The molecule has 2 aromatic rings. The van der Waals surface area contributed by atoms with Crippen LogP contribution in [0.2, 0.25) is 0 Å². The predicted molar refractivity (Wildman–Crippen MR) is 98.7 cm³/mol. The molecule has 1 aromatic carbocycles. The summed E-state index contributed by atoms with van der Waals surface area (Å²) in [6.45, 7) is 5.61. The van der Waals surface area contributed by atoms with E-state index >= 15 is 0 Å². The summed E-state index contributed by atoms with van der Waals surface area (Å²) in [5.41, 5.74) is 1.19. The fourth-order valence-electron chi connectivity index (χ4n) is 4.27. The van der Waals surface area contributed by atoms with Gasteiger partial charge >= 0.3 is 5.97 Å². The average Bonchev–Trinajstić information content (AvgIpc) is 3.39. The Morgan fingerprint density at radius 1 is 1.27 bits per heavy atom. The molecule has 0 amide bonds. The number of benzene rings is 1. The van der Waals surface area contributed by atoms with Gasteiger partial charge in [0, 0.05) is 24.5 Å². The molecular weight excluding hydrogens is 335 g/mol. The average molecular weight is 358 g/mol. The highest BCUT2D eigenvalue weighted by molar-refractivity contribution is 5.95. The van der Waals surface area contributed by atoms with E-state index in [4.69, 9.17) is 0 Å². The fraction of sp³-hybridized carbons (Fsp3) is 0.500. The minimum absolute atomic E-state index is 0.0154. The Balaban J connectivity index is 1.99. The Morgan fingerprint density at radius 3 is 2.62 bits per heavy atom. The monoisotopic (exact) mass is 358 g/mol. The van der Waals surface area contributed by atoms with Gasteiger partial charge in [-0.2, -0.15) is 0 Å². The number of carbonyl (C=O) groups is 1. The van der Waals surface area contributed by atoms with Gasteiger partial charge in [0.05, 0.1) is 11.2 Å². The third-order valence-corrected chi connectivity index (χ3v) is 5.60. The number of piperidine rings is 1. The van der Waals surface area contributed by atoms with Crippen LogP contribution in [0.4, 0.5) is 10.1 Å². The maximum atomic E-state index is 15.0. The highest BCUT2D eigenvalue weighted by Gasteiger charge is 2.31. The summed E-state index contributed by atoms with van der Waals surface area (Å²) in [5, 5.41) is 9.85. The number of pyridine rings is 1. The lowest BCUT2D eigenvalue weighted by Gasteiger charge is -2.34. The Bertz CT molecular complexity index is 962. The van der Waals surface area contributed by atoms with Gasteiger partial charge in [-0.3, -0.25) is 4.79 Å². The Hall–Kier alpha value is -2.37. The predicted octanol–water partition coefficient (Wildman–Crippen LogP) is 3.72. The maximum Gasteiger partial charge on any atom is 0.341 e. The van der Waals surface area contributed by atoms with Crippen LogP contribution in [0, 0.1) is 18.7 Å². The maximum absolute atomic E-state index is 15.0. The second-order valence-electron chi connectivity index (χ2n) is 7.73. The van der Waals surface area contributed by atoms with Crippen LogP contribution < -0.4 is 10.5 Å². The van der Waals surface area contributed by atoms with Crippen molar-refractivity contribution in [3.63, 3.8) is 0 Å². The van der Waals surface area contributed by atoms with Crippen molar-refractivity contribution in [1.29, 1.82) is 0 Å². The number of hydrogen-bond donors (Lipinski definition) is 1. The first-order valence-corrected chi connectivity index (χ1v) is 9.25. The van der Waals surface area contributed by atoms with Crippen molar-refractivity contribution >= 4 is 22.6 Å². The second-order valence-corrected chi connectivity index (χ2v) is 7.73. The standard InChI is InChI=1S/C20H23FN2O3/c1-11-4-3-7-22(10-11)18-12(2)17-13(9-16(18)21)8-15(20(25)26)19(24)23(17)14-5-6-14/h8-9,11,14H,3-7,10H2,1-2H3,(H,25,26). The number of aromatic nitrogens is 1. The van der Waals surface area contributed by atoms with Crippen LogP contribution in [0.15, 0.2) is 16.9 Å². The highest BCUT2D eigenvalue weighted by Crippen LogP contribution is 2.40. The van der Waals surface area contributed by atoms with E-state index in [-0.39, 0.29) is 17.4 Å². The largest absolute Gasteiger partial charge is 0.477 e. The topological polar surface area (TPSA) is 62.5 Å². The summed E-state index contributed by atoms with van der Waals surface area (Å²) in [7, 11) is 0. The van der Waals surface area contributed by atoms with E-state index in [1.807, 2.05) is 6.92 Å². The van der Waals surface area contributed by atoms with Crippen molar-refractivity contribution in [2.45, 2.75) is 45.6 Å². The van der Waals surface area contributed by atoms with Crippen LogP contribution in [0.5, 0.6) is 0 Å². The first-order chi connectivity index (χ1) is 12.4. The fourth-order valence-corrected chi connectivity index (χ4v) is 4.27. The van der Waals surface area contributed by atoms with Gasteiger partial charge in [-0.1, -0.05) is 6.92 Å². The van der Waals surface area contributed by atoms with Crippen LogP contribution in [0.25, 0.3) is 10.9 Å². The summed E-state index contributed by atoms with van der Waals surface area (Å²) < 4.78 is 16.6. The van der Waals surface area contributed by atoms with Crippen LogP contribution in [0.1, 0.15) is 54.6 Å². The number of carboxylic acid groups (broad SMARTS) is 1. The first kappa shape index (κ1) is 17.1. The molecule has 2 fully saturated rings. The minimum Gasteiger partial charge on any atom is -0.477 e. The summed E-state index contributed by atoms with van der Waals surface area (Å²) in [6.07, 6.45) is 3.86. The number of fused-ring (bicyclic) bond motifs is 1. The SMILES string of the molecule is Cc1c(N2CCCC(C)C2)c(F)cc2cc(C(=O)O)c(=O)n(C3CC3)c12. The second kappa shape index (κ2) is 6.11. The summed E-state index contributed by atoms with van der Waals surface area (Å²) in [4.78, 5) is 26.3. The van der Waals surface area contributed by atoms with Crippen LogP contribution in [-0.2, 0) is 0 Å². The van der Waals surface area contributed by atoms with E-state index in [2.05, 4.69) is 11.8 Å². The highest BCUT2D eigenvalue weighted by atomic mass is 19.1. The Labute approximate surface area is 151 Å². The van der Waals surface area contributed by atoms with Crippen LogP contribution in [-0.4, -0.2) is 28.7 Å². The molecule has 1 saturated heterocycles. The Kier molecular flexibility index (Phi) is 4.01. The number of nitrogens with zero attached hydrogens (tertiary/aromatic N) is 2. The zero-order valence-electron chi connectivity index (χ0n) is 15.1.